The molecule has 10 heteroatoms. The number of carbonyl (C=O) groups excluding carboxylic acids is 2. The van der Waals surface area contributed by atoms with E-state index in [-0.39, 0.29) is 32.0 Å². The third-order valence-corrected chi connectivity index (χ3v) is 8.49. The van der Waals surface area contributed by atoms with E-state index in [1.807, 2.05) is 0 Å². The summed E-state index contributed by atoms with van der Waals surface area (Å²) < 4.78 is 21.9. The van der Waals surface area contributed by atoms with Crippen molar-refractivity contribution < 1.29 is 49.0 Å². The van der Waals surface area contributed by atoms with E-state index in [1.54, 1.807) is 0 Å². The molecule has 0 saturated carbocycles. The second-order valence-corrected chi connectivity index (χ2v) is 12.7. The average Bonchev–Trinajstić information content (AvgIpc) is 3.03. The van der Waals surface area contributed by atoms with Crippen molar-refractivity contribution in [2.24, 2.45) is 0 Å². The lowest BCUT2D eigenvalue weighted by atomic mass is 9.99. The van der Waals surface area contributed by atoms with Crippen molar-refractivity contribution in [2.75, 3.05) is 19.8 Å². The molecule has 45 heavy (non-hydrogen) atoms. The van der Waals surface area contributed by atoms with E-state index in [1.165, 1.54) is 70.6 Å². The molecule has 6 atom stereocenters. The number of ether oxygens (including phenoxy) is 4. The van der Waals surface area contributed by atoms with Crippen LogP contribution in [0.3, 0.4) is 0 Å². The predicted octanol–water partition coefficient (Wildman–Crippen LogP) is 5.88. The van der Waals surface area contributed by atoms with Crippen LogP contribution >= 0.6 is 0 Å². The second kappa shape index (κ2) is 27.8. The zero-order valence-corrected chi connectivity index (χ0v) is 28.4. The molecule has 0 aliphatic carbocycles. The van der Waals surface area contributed by atoms with Gasteiger partial charge in [-0.15, -0.1) is 0 Å². The third kappa shape index (κ3) is 20.5. The van der Waals surface area contributed by atoms with Crippen LogP contribution in [0, 0.1) is 0 Å². The maximum atomic E-state index is 12.6. The Morgan fingerprint density at radius 3 is 1.51 bits per heavy atom. The minimum absolute atomic E-state index is 0.212. The maximum absolute atomic E-state index is 12.6. The number of esters is 2. The molecule has 0 aromatic carbocycles. The van der Waals surface area contributed by atoms with Crippen LogP contribution in [-0.4, -0.2) is 89.0 Å². The van der Waals surface area contributed by atoms with E-state index in [4.69, 9.17) is 18.9 Å². The number of unbranched alkanes of at least 4 members (excludes halogenated alkanes) is 18. The summed E-state index contributed by atoms with van der Waals surface area (Å²) in [6, 6.07) is 0. The van der Waals surface area contributed by atoms with E-state index in [9.17, 15) is 30.0 Å². The van der Waals surface area contributed by atoms with Gasteiger partial charge in [0.15, 0.2) is 12.4 Å². The van der Waals surface area contributed by atoms with Crippen LogP contribution in [0.25, 0.3) is 0 Å². The molecular weight excluding hydrogens is 580 g/mol. The van der Waals surface area contributed by atoms with Crippen LogP contribution in [0.1, 0.15) is 155 Å². The van der Waals surface area contributed by atoms with Gasteiger partial charge < -0.3 is 39.4 Å². The van der Waals surface area contributed by atoms with Gasteiger partial charge >= 0.3 is 11.9 Å². The van der Waals surface area contributed by atoms with Gasteiger partial charge in [-0.2, -0.15) is 0 Å². The smallest absolute Gasteiger partial charge is 0.306 e. The van der Waals surface area contributed by atoms with E-state index in [2.05, 4.69) is 13.8 Å². The van der Waals surface area contributed by atoms with E-state index in [0.29, 0.717) is 6.42 Å². The Bertz CT molecular complexity index is 719. The van der Waals surface area contributed by atoms with Crippen LogP contribution < -0.4 is 0 Å². The van der Waals surface area contributed by atoms with Crippen molar-refractivity contribution in [2.45, 2.75) is 192 Å². The lowest BCUT2D eigenvalue weighted by molar-refractivity contribution is -0.305. The summed E-state index contributed by atoms with van der Waals surface area (Å²) in [5, 5.41) is 39.7. The zero-order chi connectivity index (χ0) is 33.1. The molecule has 0 amide bonds. The molecule has 1 rings (SSSR count). The first-order valence-electron chi connectivity index (χ1n) is 18.1. The van der Waals surface area contributed by atoms with Gasteiger partial charge in [-0.3, -0.25) is 9.59 Å². The van der Waals surface area contributed by atoms with Gasteiger partial charge in [0.1, 0.15) is 31.0 Å². The molecule has 6 unspecified atom stereocenters. The van der Waals surface area contributed by atoms with E-state index in [0.717, 1.165) is 51.4 Å². The normalized spacial score (nSPS) is 22.3. The Morgan fingerprint density at radius 1 is 0.600 bits per heavy atom. The summed E-state index contributed by atoms with van der Waals surface area (Å²) in [6.07, 6.45) is 15.8. The lowest BCUT2D eigenvalue weighted by Gasteiger charge is -2.39. The molecule has 0 aromatic rings. The Balaban J connectivity index is 2.38. The second-order valence-electron chi connectivity index (χ2n) is 12.7. The van der Waals surface area contributed by atoms with Crippen LogP contribution in [0.4, 0.5) is 0 Å². The van der Waals surface area contributed by atoms with Crippen LogP contribution in [0.2, 0.25) is 0 Å². The van der Waals surface area contributed by atoms with Gasteiger partial charge in [0, 0.05) is 12.8 Å². The van der Waals surface area contributed by atoms with Gasteiger partial charge in [0.05, 0.1) is 13.2 Å². The topological polar surface area (TPSA) is 152 Å². The number of aliphatic hydroxyl groups is 4. The van der Waals surface area contributed by atoms with Crippen molar-refractivity contribution in [3.63, 3.8) is 0 Å². The highest BCUT2D eigenvalue weighted by Crippen LogP contribution is 2.22. The predicted molar refractivity (Wildman–Crippen MR) is 173 cm³/mol. The summed E-state index contributed by atoms with van der Waals surface area (Å²) in [5.41, 5.74) is 0. The molecule has 1 saturated heterocycles. The third-order valence-electron chi connectivity index (χ3n) is 8.49. The van der Waals surface area contributed by atoms with Crippen molar-refractivity contribution in [1.82, 2.24) is 0 Å². The number of hydrogen-bond donors (Lipinski definition) is 4. The molecule has 1 aliphatic rings. The van der Waals surface area contributed by atoms with Gasteiger partial charge in [-0.25, -0.2) is 0 Å². The lowest BCUT2D eigenvalue weighted by Crippen LogP contribution is -2.59. The molecule has 0 radical (unpaired) electrons. The molecule has 1 heterocycles. The SMILES string of the molecule is CCCCCCCCCCCCCCCCC(=O)OC(COC(=O)CCCCCCCC)COC1OC(CO)C(O)C(O)C1O. The first-order chi connectivity index (χ1) is 21.8. The largest absolute Gasteiger partial charge is 0.462 e. The molecule has 1 aliphatic heterocycles. The maximum Gasteiger partial charge on any atom is 0.306 e. The monoisotopic (exact) mass is 646 g/mol. The fourth-order valence-corrected chi connectivity index (χ4v) is 5.54. The molecule has 4 N–H and O–H groups in total. The first-order valence-corrected chi connectivity index (χ1v) is 18.1. The molecular formula is C35H66O10. The van der Waals surface area contributed by atoms with Crippen molar-refractivity contribution in [3.05, 3.63) is 0 Å². The molecule has 266 valence electrons. The van der Waals surface area contributed by atoms with Crippen molar-refractivity contribution in [1.29, 1.82) is 0 Å². The average molecular weight is 647 g/mol. The standard InChI is InChI=1S/C35H66O10/c1-3-5-7-9-11-12-13-14-15-16-17-18-20-22-24-31(38)44-28(26-42-30(37)23-21-19-10-8-6-4-2)27-43-35-34(41)33(40)32(39)29(25-36)45-35/h28-29,32-36,39-41H,3-27H2,1-2H3. The highest BCUT2D eigenvalue weighted by Gasteiger charge is 2.44. The minimum atomic E-state index is -1.59. The molecule has 0 spiro atoms. The Labute approximate surface area is 272 Å². The van der Waals surface area contributed by atoms with Crippen molar-refractivity contribution in [3.8, 4) is 0 Å². The fraction of sp³-hybridized carbons (Fsp3) is 0.943. The fourth-order valence-electron chi connectivity index (χ4n) is 5.54. The number of hydrogen-bond acceptors (Lipinski definition) is 10. The summed E-state index contributed by atoms with van der Waals surface area (Å²) in [5.74, 6) is -0.810. The zero-order valence-electron chi connectivity index (χ0n) is 28.4. The minimum Gasteiger partial charge on any atom is -0.462 e. The highest BCUT2D eigenvalue weighted by molar-refractivity contribution is 5.70. The van der Waals surface area contributed by atoms with Crippen LogP contribution in [-0.2, 0) is 28.5 Å². The van der Waals surface area contributed by atoms with E-state index < -0.39 is 49.4 Å². The number of aliphatic hydroxyl groups excluding tert-OH is 4. The van der Waals surface area contributed by atoms with E-state index >= 15 is 0 Å². The Kier molecular flexibility index (Phi) is 25.8. The van der Waals surface area contributed by atoms with Gasteiger partial charge in [0.2, 0.25) is 0 Å². The Morgan fingerprint density at radius 2 is 1.04 bits per heavy atom. The molecule has 1 fully saturated rings. The molecule has 0 aromatic heterocycles. The Hall–Kier alpha value is -1.30. The van der Waals surface area contributed by atoms with Gasteiger partial charge in [-0.05, 0) is 12.8 Å². The number of carbonyl (C=O) groups is 2. The highest BCUT2D eigenvalue weighted by atomic mass is 16.7. The van der Waals surface area contributed by atoms with Crippen molar-refractivity contribution >= 4 is 11.9 Å². The number of rotatable bonds is 29. The molecule has 0 bridgehead atoms. The van der Waals surface area contributed by atoms with Gasteiger partial charge in [0.25, 0.3) is 0 Å². The summed E-state index contributed by atoms with van der Waals surface area (Å²) in [7, 11) is 0. The first kappa shape index (κ1) is 41.7. The van der Waals surface area contributed by atoms with Crippen LogP contribution in [0.5, 0.6) is 0 Å². The van der Waals surface area contributed by atoms with Gasteiger partial charge in [-0.1, -0.05) is 129 Å². The van der Waals surface area contributed by atoms with Crippen LogP contribution in [0.15, 0.2) is 0 Å². The summed E-state index contributed by atoms with van der Waals surface area (Å²) >= 11 is 0. The summed E-state index contributed by atoms with van der Waals surface area (Å²) in [6.45, 7) is 3.34. The quantitative estimate of drug-likeness (QED) is 0.0573. The molecule has 10 nitrogen and oxygen atoms in total. The summed E-state index contributed by atoms with van der Waals surface area (Å²) in [4.78, 5) is 24.9.